The lowest BCUT2D eigenvalue weighted by molar-refractivity contribution is -0.192. The van der Waals surface area contributed by atoms with Crippen LogP contribution >= 0.6 is 23.2 Å². The lowest BCUT2D eigenvalue weighted by Gasteiger charge is -2.35. The first-order valence-corrected chi connectivity index (χ1v) is 19.2. The predicted molar refractivity (Wildman–Crippen MR) is 189 cm³/mol. The standard InChI is InChI=1S/C34H37Cl2F4N3O3S.C2HF3O2/c35-31-10-9-29(23-32(31)36)43(16-2-15-41-17-11-25(12-18-41)21-24-5-7-28(37)8-6-24)33(44)26-13-19-42(20-14-26)47(45,46)30-4-1-3-27(22-30)34(38,39)40;3-2(4,5)1(6)7/h1,3-10,22-23,25-26H,2,11-21H2;(H,6,7). The molecule has 1 amide bonds. The normalized spacial score (nSPS) is 16.8. The van der Waals surface area contributed by atoms with Crippen molar-refractivity contribution >= 4 is 50.8 Å². The number of benzene rings is 3. The average Bonchev–Trinajstić information content (AvgIpc) is 3.12. The summed E-state index contributed by atoms with van der Waals surface area (Å²) in [6.45, 7) is 3.11. The van der Waals surface area contributed by atoms with Crippen molar-refractivity contribution in [2.24, 2.45) is 11.8 Å². The average molecular weight is 829 g/mol. The SMILES string of the molecule is O=C(C1CCN(S(=O)(=O)c2cccc(C(F)(F)F)c2)CC1)N(CCCN1CCC(Cc2ccc(F)cc2)CC1)c1ccc(Cl)c(Cl)c1.O=C(O)C(F)(F)F. The Morgan fingerprint density at radius 1 is 0.833 bits per heavy atom. The van der Waals surface area contributed by atoms with Crippen molar-refractivity contribution in [3.63, 3.8) is 0 Å². The third-order valence-electron chi connectivity index (χ3n) is 9.33. The van der Waals surface area contributed by atoms with Crippen molar-refractivity contribution in [3.05, 3.63) is 93.7 Å². The number of likely N-dealkylation sites (tertiary alicyclic amines) is 1. The fourth-order valence-electron chi connectivity index (χ4n) is 6.39. The van der Waals surface area contributed by atoms with Gasteiger partial charge in [-0.3, -0.25) is 4.79 Å². The summed E-state index contributed by atoms with van der Waals surface area (Å²) >= 11 is 12.5. The maximum Gasteiger partial charge on any atom is 0.490 e. The Balaban J connectivity index is 0.000000845. The van der Waals surface area contributed by atoms with E-state index in [-0.39, 0.29) is 37.7 Å². The predicted octanol–water partition coefficient (Wildman–Crippen LogP) is 8.56. The van der Waals surface area contributed by atoms with Crippen LogP contribution in [0.2, 0.25) is 10.0 Å². The number of halogens is 9. The molecule has 2 heterocycles. The summed E-state index contributed by atoms with van der Waals surface area (Å²) in [5.74, 6) is -3.08. The highest BCUT2D eigenvalue weighted by atomic mass is 35.5. The summed E-state index contributed by atoms with van der Waals surface area (Å²) < 4.78 is 112. The van der Waals surface area contributed by atoms with Crippen LogP contribution in [0.3, 0.4) is 0 Å². The Morgan fingerprint density at radius 3 is 2.00 bits per heavy atom. The van der Waals surface area contributed by atoms with Gasteiger partial charge in [-0.05, 0) is 118 Å². The highest BCUT2D eigenvalue weighted by Gasteiger charge is 2.38. The second-order valence-corrected chi connectivity index (χ2v) is 15.8. The molecule has 0 radical (unpaired) electrons. The molecule has 0 saturated carbocycles. The van der Waals surface area contributed by atoms with Gasteiger partial charge in [0.15, 0.2) is 0 Å². The molecule has 0 unspecified atom stereocenters. The van der Waals surface area contributed by atoms with Crippen LogP contribution in [0.5, 0.6) is 0 Å². The van der Waals surface area contributed by atoms with Gasteiger partial charge in [0, 0.05) is 31.2 Å². The van der Waals surface area contributed by atoms with E-state index in [1.165, 1.54) is 12.1 Å². The molecule has 2 fully saturated rings. The number of piperidine rings is 2. The lowest BCUT2D eigenvalue weighted by Crippen LogP contribution is -2.45. The lowest BCUT2D eigenvalue weighted by atomic mass is 9.90. The number of anilines is 1. The van der Waals surface area contributed by atoms with Crippen LogP contribution in [-0.2, 0) is 32.2 Å². The smallest absolute Gasteiger partial charge is 0.475 e. The van der Waals surface area contributed by atoms with Gasteiger partial charge in [-0.2, -0.15) is 30.6 Å². The maximum atomic E-state index is 13.9. The molecule has 3 aromatic rings. The third-order valence-corrected chi connectivity index (χ3v) is 12.0. The van der Waals surface area contributed by atoms with Crippen LogP contribution in [0.1, 0.15) is 43.2 Å². The number of carboxylic acid groups (broad SMARTS) is 1. The van der Waals surface area contributed by atoms with E-state index in [4.69, 9.17) is 33.1 Å². The number of nitrogens with zero attached hydrogens (tertiary/aromatic N) is 3. The van der Waals surface area contributed by atoms with Crippen LogP contribution in [0.4, 0.5) is 36.4 Å². The van der Waals surface area contributed by atoms with Crippen molar-refractivity contribution in [1.82, 2.24) is 9.21 Å². The Morgan fingerprint density at radius 2 is 1.44 bits per heavy atom. The van der Waals surface area contributed by atoms with Crippen LogP contribution in [0.25, 0.3) is 0 Å². The number of rotatable bonds is 10. The Bertz CT molecular complexity index is 1850. The topological polar surface area (TPSA) is 98.2 Å². The van der Waals surface area contributed by atoms with Crippen LogP contribution in [-0.4, -0.2) is 80.1 Å². The minimum absolute atomic E-state index is 0.0110. The molecule has 0 bridgehead atoms. The van der Waals surface area contributed by atoms with E-state index in [9.17, 15) is 43.9 Å². The summed E-state index contributed by atoms with van der Waals surface area (Å²) in [6, 6.07) is 15.4. The van der Waals surface area contributed by atoms with Gasteiger partial charge >= 0.3 is 18.3 Å². The molecule has 2 aliphatic heterocycles. The van der Waals surface area contributed by atoms with Gasteiger partial charge < -0.3 is 14.9 Å². The van der Waals surface area contributed by atoms with Crippen molar-refractivity contribution in [2.75, 3.05) is 44.2 Å². The van der Waals surface area contributed by atoms with Crippen molar-refractivity contribution in [1.29, 1.82) is 0 Å². The molecule has 18 heteroatoms. The number of carbonyl (C=O) groups is 2. The molecular formula is C36H38Cl2F7N3O5S. The zero-order valence-electron chi connectivity index (χ0n) is 28.7. The Hall–Kier alpha value is -3.44. The van der Waals surface area contributed by atoms with Crippen molar-refractivity contribution in [3.8, 4) is 0 Å². The zero-order valence-corrected chi connectivity index (χ0v) is 31.1. The van der Waals surface area contributed by atoms with Crippen LogP contribution < -0.4 is 4.90 Å². The Kier molecular flexibility index (Phi) is 14.8. The molecule has 54 heavy (non-hydrogen) atoms. The number of carboxylic acids is 1. The molecule has 5 rings (SSSR count). The molecule has 0 atom stereocenters. The van der Waals surface area contributed by atoms with Gasteiger partial charge in [0.2, 0.25) is 15.9 Å². The summed E-state index contributed by atoms with van der Waals surface area (Å²) in [5, 5.41) is 7.80. The summed E-state index contributed by atoms with van der Waals surface area (Å²) in [7, 11) is -4.17. The molecule has 3 aromatic carbocycles. The molecular weight excluding hydrogens is 790 g/mol. The number of carbonyl (C=O) groups excluding carboxylic acids is 1. The minimum Gasteiger partial charge on any atom is -0.475 e. The number of hydrogen-bond donors (Lipinski definition) is 1. The van der Waals surface area contributed by atoms with Gasteiger partial charge in [0.05, 0.1) is 20.5 Å². The third kappa shape index (κ3) is 12.0. The molecule has 1 N–H and O–H groups in total. The monoisotopic (exact) mass is 827 g/mol. The van der Waals surface area contributed by atoms with Crippen molar-refractivity contribution in [2.45, 2.75) is 55.8 Å². The van der Waals surface area contributed by atoms with E-state index in [1.807, 2.05) is 12.1 Å². The Labute approximate surface area is 318 Å². The highest BCUT2D eigenvalue weighted by molar-refractivity contribution is 7.89. The first-order valence-electron chi connectivity index (χ1n) is 17.0. The molecule has 2 saturated heterocycles. The number of hydrogen-bond acceptors (Lipinski definition) is 5. The van der Waals surface area contributed by atoms with Gasteiger partial charge in [-0.15, -0.1) is 0 Å². The van der Waals surface area contributed by atoms with E-state index < -0.39 is 44.7 Å². The number of aliphatic carboxylic acids is 1. The molecule has 0 aromatic heterocycles. The number of amides is 1. The molecule has 0 spiro atoms. The molecule has 0 aliphatic carbocycles. The van der Waals surface area contributed by atoms with E-state index in [2.05, 4.69) is 4.90 Å². The first-order chi connectivity index (χ1) is 25.3. The van der Waals surface area contributed by atoms with Crippen LogP contribution in [0.15, 0.2) is 71.6 Å². The van der Waals surface area contributed by atoms with Crippen LogP contribution in [0, 0.1) is 17.7 Å². The molecule has 2 aliphatic rings. The molecule has 8 nitrogen and oxygen atoms in total. The van der Waals surface area contributed by atoms with E-state index in [1.54, 1.807) is 23.1 Å². The first kappa shape index (κ1) is 43.3. The summed E-state index contributed by atoms with van der Waals surface area (Å²) in [4.78, 5) is 26.5. The number of alkyl halides is 6. The fraction of sp³-hybridized carbons (Fsp3) is 0.444. The fourth-order valence-corrected chi connectivity index (χ4v) is 8.19. The van der Waals surface area contributed by atoms with E-state index >= 15 is 0 Å². The summed E-state index contributed by atoms with van der Waals surface area (Å²) in [5.41, 5.74) is 0.705. The van der Waals surface area contributed by atoms with Gasteiger partial charge in [0.25, 0.3) is 0 Å². The quantitative estimate of drug-likeness (QED) is 0.206. The largest absolute Gasteiger partial charge is 0.490 e. The van der Waals surface area contributed by atoms with E-state index in [0.717, 1.165) is 67.0 Å². The van der Waals surface area contributed by atoms with Crippen molar-refractivity contribution < 1.29 is 53.8 Å². The molecule has 296 valence electrons. The van der Waals surface area contributed by atoms with Gasteiger partial charge in [-0.25, -0.2) is 17.6 Å². The minimum atomic E-state index is -5.08. The number of sulfonamides is 1. The van der Waals surface area contributed by atoms with Gasteiger partial charge in [0.1, 0.15) is 5.82 Å². The second-order valence-electron chi connectivity index (χ2n) is 13.1. The zero-order chi connectivity index (χ0) is 39.8. The van der Waals surface area contributed by atoms with Gasteiger partial charge in [-0.1, -0.05) is 41.4 Å². The summed E-state index contributed by atoms with van der Waals surface area (Å²) in [6.07, 6.45) is -5.58. The second kappa shape index (κ2) is 18.5. The highest BCUT2D eigenvalue weighted by Crippen LogP contribution is 2.34. The van der Waals surface area contributed by atoms with E-state index in [0.29, 0.717) is 40.7 Å². The maximum absolute atomic E-state index is 13.9.